The molecule has 1 heterocycles. The van der Waals surface area contributed by atoms with Gasteiger partial charge in [-0.3, -0.25) is 9.59 Å². The van der Waals surface area contributed by atoms with E-state index in [1.807, 2.05) is 12.1 Å². The van der Waals surface area contributed by atoms with Crippen LogP contribution >= 0.6 is 11.3 Å². The van der Waals surface area contributed by atoms with Gasteiger partial charge in [-0.05, 0) is 36.8 Å². The van der Waals surface area contributed by atoms with Gasteiger partial charge in [0.25, 0.3) is 11.8 Å². The number of benzene rings is 1. The van der Waals surface area contributed by atoms with Crippen molar-refractivity contribution in [2.75, 3.05) is 12.4 Å². The summed E-state index contributed by atoms with van der Waals surface area (Å²) in [6, 6.07) is 10.6. The highest BCUT2D eigenvalue weighted by atomic mass is 32.1. The predicted molar refractivity (Wildman–Crippen MR) is 81.5 cm³/mol. The van der Waals surface area contributed by atoms with Gasteiger partial charge in [-0.1, -0.05) is 13.0 Å². The summed E-state index contributed by atoms with van der Waals surface area (Å²) < 4.78 is 0. The van der Waals surface area contributed by atoms with E-state index in [2.05, 4.69) is 17.6 Å². The lowest BCUT2D eigenvalue weighted by atomic mass is 10.2. The van der Waals surface area contributed by atoms with Crippen molar-refractivity contribution in [1.29, 1.82) is 0 Å². The fraction of sp³-hybridized carbons (Fsp3) is 0.200. The van der Waals surface area contributed by atoms with E-state index in [4.69, 9.17) is 0 Å². The second kappa shape index (κ2) is 6.34. The minimum Gasteiger partial charge on any atom is -0.355 e. The lowest BCUT2D eigenvalue weighted by molar-refractivity contribution is 0.0961. The van der Waals surface area contributed by atoms with Crippen molar-refractivity contribution in [2.45, 2.75) is 13.3 Å². The third-order valence-corrected chi connectivity index (χ3v) is 4.07. The van der Waals surface area contributed by atoms with Gasteiger partial charge < -0.3 is 10.6 Å². The first-order valence-electron chi connectivity index (χ1n) is 6.36. The molecule has 2 aromatic rings. The van der Waals surface area contributed by atoms with E-state index in [-0.39, 0.29) is 11.8 Å². The molecule has 0 aliphatic carbocycles. The summed E-state index contributed by atoms with van der Waals surface area (Å²) >= 11 is 1.48. The number of anilines is 1. The van der Waals surface area contributed by atoms with Crippen LogP contribution in [0, 0.1) is 0 Å². The maximum atomic E-state index is 12.1. The molecule has 0 saturated heterocycles. The van der Waals surface area contributed by atoms with Gasteiger partial charge in [0.15, 0.2) is 0 Å². The molecule has 0 radical (unpaired) electrons. The molecular weight excluding hydrogens is 272 g/mol. The minimum atomic E-state index is -0.175. The molecule has 0 saturated carbocycles. The van der Waals surface area contributed by atoms with E-state index < -0.39 is 0 Å². The Balaban J connectivity index is 2.13. The Kier molecular flexibility index (Phi) is 4.53. The number of carbonyl (C=O) groups excluding carboxylic acids is 2. The van der Waals surface area contributed by atoms with E-state index >= 15 is 0 Å². The molecule has 0 unspecified atom stereocenters. The van der Waals surface area contributed by atoms with Crippen LogP contribution in [0.15, 0.2) is 36.4 Å². The van der Waals surface area contributed by atoms with Crippen molar-refractivity contribution in [3.63, 3.8) is 0 Å². The lowest BCUT2D eigenvalue weighted by Gasteiger charge is -2.05. The molecule has 0 fully saturated rings. The van der Waals surface area contributed by atoms with Gasteiger partial charge in [-0.15, -0.1) is 11.3 Å². The van der Waals surface area contributed by atoms with Gasteiger partial charge in [0, 0.05) is 23.2 Å². The van der Waals surface area contributed by atoms with Gasteiger partial charge in [-0.25, -0.2) is 0 Å². The van der Waals surface area contributed by atoms with Crippen molar-refractivity contribution in [3.05, 3.63) is 51.7 Å². The zero-order chi connectivity index (χ0) is 14.5. The minimum absolute atomic E-state index is 0.149. The Labute approximate surface area is 121 Å². The van der Waals surface area contributed by atoms with Crippen molar-refractivity contribution >= 4 is 28.8 Å². The monoisotopic (exact) mass is 288 g/mol. The molecule has 1 aromatic carbocycles. The van der Waals surface area contributed by atoms with Gasteiger partial charge >= 0.3 is 0 Å². The Morgan fingerprint density at radius 1 is 1.15 bits per heavy atom. The van der Waals surface area contributed by atoms with Crippen LogP contribution in [0.3, 0.4) is 0 Å². The zero-order valence-corrected chi connectivity index (χ0v) is 12.2. The molecule has 4 nitrogen and oxygen atoms in total. The first-order chi connectivity index (χ1) is 9.63. The Morgan fingerprint density at radius 2 is 1.95 bits per heavy atom. The first-order valence-corrected chi connectivity index (χ1v) is 7.18. The van der Waals surface area contributed by atoms with Crippen molar-refractivity contribution in [2.24, 2.45) is 0 Å². The van der Waals surface area contributed by atoms with Crippen LogP contribution < -0.4 is 10.6 Å². The van der Waals surface area contributed by atoms with E-state index in [1.54, 1.807) is 31.3 Å². The summed E-state index contributed by atoms with van der Waals surface area (Å²) in [5.74, 6) is -0.325. The van der Waals surface area contributed by atoms with Crippen LogP contribution in [0.2, 0.25) is 0 Å². The number of thiophene rings is 1. The number of amides is 2. The highest BCUT2D eigenvalue weighted by Gasteiger charge is 2.10. The predicted octanol–water partition coefficient (Wildman–Crippen LogP) is 2.92. The van der Waals surface area contributed by atoms with Crippen molar-refractivity contribution in [3.8, 4) is 0 Å². The smallest absolute Gasteiger partial charge is 0.265 e. The molecule has 104 valence electrons. The highest BCUT2D eigenvalue weighted by molar-refractivity contribution is 7.14. The number of hydrogen-bond acceptors (Lipinski definition) is 3. The molecule has 2 N–H and O–H groups in total. The van der Waals surface area contributed by atoms with Crippen LogP contribution in [0.5, 0.6) is 0 Å². The summed E-state index contributed by atoms with van der Waals surface area (Å²) in [7, 11) is 1.57. The fourth-order valence-corrected chi connectivity index (χ4v) is 2.61. The molecule has 0 bridgehead atoms. The molecular formula is C15H16N2O2S. The van der Waals surface area contributed by atoms with E-state index in [1.165, 1.54) is 16.2 Å². The van der Waals surface area contributed by atoms with Crippen LogP contribution in [0.1, 0.15) is 31.8 Å². The standard InChI is InChI=1S/C15H16N2O2S/c1-3-12-7-8-13(20-12)15(19)17-11-6-4-5-10(9-11)14(18)16-2/h4-9H,3H2,1-2H3,(H,16,18)(H,17,19). The SMILES string of the molecule is CCc1ccc(C(=O)Nc2cccc(C(=O)NC)c2)s1. The van der Waals surface area contributed by atoms with Crippen molar-refractivity contribution < 1.29 is 9.59 Å². The molecule has 2 amide bonds. The van der Waals surface area contributed by atoms with Gasteiger partial charge in [-0.2, -0.15) is 0 Å². The Bertz CT molecular complexity index is 634. The molecule has 1 aromatic heterocycles. The molecule has 0 aliphatic rings. The average molecular weight is 288 g/mol. The molecule has 20 heavy (non-hydrogen) atoms. The molecule has 0 atom stereocenters. The second-order valence-corrected chi connectivity index (χ2v) is 5.40. The second-order valence-electron chi connectivity index (χ2n) is 4.23. The van der Waals surface area contributed by atoms with Crippen LogP contribution in [-0.2, 0) is 6.42 Å². The van der Waals surface area contributed by atoms with E-state index in [0.29, 0.717) is 16.1 Å². The number of carbonyl (C=O) groups is 2. The summed E-state index contributed by atoms with van der Waals surface area (Å²) in [6.45, 7) is 2.06. The Morgan fingerprint density at radius 3 is 2.60 bits per heavy atom. The number of hydrogen-bond donors (Lipinski definition) is 2. The molecule has 0 spiro atoms. The normalized spacial score (nSPS) is 10.1. The summed E-state index contributed by atoms with van der Waals surface area (Å²) in [5.41, 5.74) is 1.13. The topological polar surface area (TPSA) is 58.2 Å². The van der Waals surface area contributed by atoms with Crippen LogP contribution in [0.4, 0.5) is 5.69 Å². The van der Waals surface area contributed by atoms with Crippen LogP contribution in [0.25, 0.3) is 0 Å². The van der Waals surface area contributed by atoms with Crippen LogP contribution in [-0.4, -0.2) is 18.9 Å². The average Bonchev–Trinajstić information content (AvgIpc) is 2.95. The quantitative estimate of drug-likeness (QED) is 0.908. The summed E-state index contributed by atoms with van der Waals surface area (Å²) in [5, 5.41) is 5.36. The molecule has 2 rings (SSSR count). The maximum absolute atomic E-state index is 12.1. The van der Waals surface area contributed by atoms with Gasteiger partial charge in [0.05, 0.1) is 4.88 Å². The van der Waals surface area contributed by atoms with Crippen molar-refractivity contribution in [1.82, 2.24) is 5.32 Å². The number of rotatable bonds is 4. The summed E-state index contributed by atoms with van der Waals surface area (Å²) in [6.07, 6.45) is 0.921. The third-order valence-electron chi connectivity index (χ3n) is 2.84. The fourth-order valence-electron chi connectivity index (χ4n) is 1.77. The maximum Gasteiger partial charge on any atom is 0.265 e. The third kappa shape index (κ3) is 3.24. The van der Waals surface area contributed by atoms with E-state index in [0.717, 1.165) is 6.42 Å². The van der Waals surface area contributed by atoms with E-state index in [9.17, 15) is 9.59 Å². The summed E-state index contributed by atoms with van der Waals surface area (Å²) in [4.78, 5) is 25.5. The highest BCUT2D eigenvalue weighted by Crippen LogP contribution is 2.19. The Hall–Kier alpha value is -2.14. The number of nitrogens with one attached hydrogen (secondary N) is 2. The molecule has 0 aliphatic heterocycles. The lowest BCUT2D eigenvalue weighted by Crippen LogP contribution is -2.18. The van der Waals surface area contributed by atoms with Gasteiger partial charge in [0.1, 0.15) is 0 Å². The largest absolute Gasteiger partial charge is 0.355 e. The molecule has 5 heteroatoms. The number of aryl methyl sites for hydroxylation is 1. The first kappa shape index (κ1) is 14.3. The zero-order valence-electron chi connectivity index (χ0n) is 11.4. The van der Waals surface area contributed by atoms with Gasteiger partial charge in [0.2, 0.25) is 0 Å².